The van der Waals surface area contributed by atoms with Gasteiger partial charge in [-0.15, -0.1) is 0 Å². The third-order valence-electron chi connectivity index (χ3n) is 5.33. The minimum absolute atomic E-state index is 0.125. The minimum atomic E-state index is -0.125. The van der Waals surface area contributed by atoms with Gasteiger partial charge in [-0.25, -0.2) is 9.97 Å². The van der Waals surface area contributed by atoms with Crippen molar-refractivity contribution in [2.75, 3.05) is 5.73 Å². The molecule has 0 bridgehead atoms. The Bertz CT molecular complexity index is 1430. The predicted molar refractivity (Wildman–Crippen MR) is 127 cm³/mol. The molecule has 0 saturated carbocycles. The number of imidazole rings is 1. The Balaban J connectivity index is 1.31. The number of aromatic nitrogens is 3. The lowest BCUT2D eigenvalue weighted by molar-refractivity contribution is 0.0951. The Morgan fingerprint density at radius 2 is 1.66 bits per heavy atom. The van der Waals surface area contributed by atoms with E-state index in [1.165, 1.54) is 0 Å². The first-order valence-electron chi connectivity index (χ1n) is 10.2. The molecule has 7 heteroatoms. The molecule has 3 aromatic carbocycles. The minimum Gasteiger partial charge on any atom is -0.381 e. The molecule has 0 saturated heterocycles. The number of anilines is 1. The number of nitrogen functional groups attached to an aromatic ring is 1. The van der Waals surface area contributed by atoms with E-state index in [0.29, 0.717) is 35.0 Å². The number of fused-ring (bicyclic) bond motifs is 3. The van der Waals surface area contributed by atoms with Gasteiger partial charge in [0.1, 0.15) is 0 Å². The predicted octanol–water partition coefficient (Wildman–Crippen LogP) is 4.64. The number of nitrogens with zero attached hydrogens (tertiary/aromatic N) is 3. The Morgan fingerprint density at radius 3 is 2.44 bits per heavy atom. The number of nitrogens with two attached hydrogens (primary N) is 1. The first-order chi connectivity index (χ1) is 15.6. The summed E-state index contributed by atoms with van der Waals surface area (Å²) in [5.74, 6) is 0.275. The van der Waals surface area contributed by atoms with Crippen molar-refractivity contribution in [3.63, 3.8) is 0 Å². The summed E-state index contributed by atoms with van der Waals surface area (Å²) in [4.78, 5) is 21.6. The molecule has 6 nitrogen and oxygen atoms in total. The second-order valence-corrected chi connectivity index (χ2v) is 8.03. The molecule has 2 aromatic heterocycles. The number of carbonyl (C=O) groups is 1. The Hall–Kier alpha value is -3.90. The van der Waals surface area contributed by atoms with Gasteiger partial charge in [-0.1, -0.05) is 48.0 Å². The van der Waals surface area contributed by atoms with E-state index in [-0.39, 0.29) is 5.91 Å². The van der Waals surface area contributed by atoms with Crippen LogP contribution in [0.1, 0.15) is 27.2 Å². The van der Waals surface area contributed by atoms with Crippen molar-refractivity contribution in [2.45, 2.75) is 13.0 Å². The SMILES string of the molecule is Nc1nc(Cc2ccc(C(=O)NCc3ccc(Cl)cc3)cc2)cn2c1nc1ccccc12. The van der Waals surface area contributed by atoms with Crippen molar-refractivity contribution in [3.05, 3.63) is 106 Å². The standard InChI is InChI=1S/C25H20ClN5O/c26-19-11-7-17(8-12-19)14-28-25(32)18-9-5-16(6-10-18)13-20-15-31-22-4-2-1-3-21(22)30-24(31)23(27)29-20/h1-12,15H,13-14H2,(H2,27,29)(H,28,32). The molecule has 2 heterocycles. The van der Waals surface area contributed by atoms with Crippen LogP contribution in [0.4, 0.5) is 5.82 Å². The summed E-state index contributed by atoms with van der Waals surface area (Å²) in [5, 5.41) is 3.60. The van der Waals surface area contributed by atoms with E-state index in [4.69, 9.17) is 17.3 Å². The number of hydrogen-bond acceptors (Lipinski definition) is 4. The van der Waals surface area contributed by atoms with Gasteiger partial charge in [-0.2, -0.15) is 0 Å². The summed E-state index contributed by atoms with van der Waals surface area (Å²) in [7, 11) is 0. The largest absolute Gasteiger partial charge is 0.381 e. The lowest BCUT2D eigenvalue weighted by atomic mass is 10.1. The first kappa shape index (κ1) is 20.0. The zero-order valence-corrected chi connectivity index (χ0v) is 17.9. The van der Waals surface area contributed by atoms with Crippen LogP contribution >= 0.6 is 11.6 Å². The lowest BCUT2D eigenvalue weighted by Gasteiger charge is -2.08. The fraction of sp³-hybridized carbons (Fsp3) is 0.0800. The van der Waals surface area contributed by atoms with E-state index >= 15 is 0 Å². The van der Waals surface area contributed by atoms with Crippen LogP contribution in [0.2, 0.25) is 5.02 Å². The van der Waals surface area contributed by atoms with Gasteiger partial charge in [-0.05, 0) is 47.5 Å². The number of halogens is 1. The molecule has 32 heavy (non-hydrogen) atoms. The van der Waals surface area contributed by atoms with Crippen LogP contribution in [0.5, 0.6) is 0 Å². The molecule has 0 atom stereocenters. The Morgan fingerprint density at radius 1 is 0.938 bits per heavy atom. The molecule has 0 fully saturated rings. The summed E-state index contributed by atoms with van der Waals surface area (Å²) < 4.78 is 1.98. The van der Waals surface area contributed by atoms with Crippen molar-refractivity contribution >= 4 is 40.0 Å². The Kier molecular flexibility index (Phi) is 5.21. The van der Waals surface area contributed by atoms with Crippen LogP contribution in [-0.4, -0.2) is 20.3 Å². The highest BCUT2D eigenvalue weighted by Gasteiger charge is 2.11. The summed E-state index contributed by atoms with van der Waals surface area (Å²) in [6.07, 6.45) is 2.56. The third-order valence-corrected chi connectivity index (χ3v) is 5.59. The molecular weight excluding hydrogens is 422 g/mol. The van der Waals surface area contributed by atoms with E-state index in [2.05, 4.69) is 15.3 Å². The molecule has 3 N–H and O–H groups in total. The molecule has 0 aliphatic carbocycles. The van der Waals surface area contributed by atoms with Crippen LogP contribution in [0.15, 0.2) is 79.0 Å². The maximum atomic E-state index is 12.5. The van der Waals surface area contributed by atoms with Crippen LogP contribution in [0.3, 0.4) is 0 Å². The van der Waals surface area contributed by atoms with Crippen LogP contribution in [0, 0.1) is 0 Å². The molecule has 0 aliphatic heterocycles. The maximum absolute atomic E-state index is 12.5. The van der Waals surface area contributed by atoms with Crippen molar-refractivity contribution in [1.82, 2.24) is 19.7 Å². The highest BCUT2D eigenvalue weighted by Crippen LogP contribution is 2.21. The van der Waals surface area contributed by atoms with E-state index < -0.39 is 0 Å². The van der Waals surface area contributed by atoms with Gasteiger partial charge in [0.15, 0.2) is 11.5 Å². The zero-order chi connectivity index (χ0) is 22.1. The molecule has 158 valence electrons. The smallest absolute Gasteiger partial charge is 0.251 e. The second kappa shape index (κ2) is 8.32. The Labute approximate surface area is 189 Å². The molecule has 0 radical (unpaired) electrons. The third kappa shape index (κ3) is 4.00. The fourth-order valence-corrected chi connectivity index (χ4v) is 3.82. The van der Waals surface area contributed by atoms with Gasteiger partial charge >= 0.3 is 0 Å². The number of nitrogens with one attached hydrogen (secondary N) is 1. The van der Waals surface area contributed by atoms with Crippen molar-refractivity contribution < 1.29 is 4.79 Å². The van der Waals surface area contributed by atoms with Gasteiger partial charge in [0.25, 0.3) is 5.91 Å². The van der Waals surface area contributed by atoms with E-state index in [0.717, 1.165) is 27.9 Å². The number of carbonyl (C=O) groups excluding carboxylic acids is 1. The second-order valence-electron chi connectivity index (χ2n) is 7.59. The van der Waals surface area contributed by atoms with Crippen LogP contribution in [0.25, 0.3) is 16.7 Å². The van der Waals surface area contributed by atoms with Crippen LogP contribution in [-0.2, 0) is 13.0 Å². The van der Waals surface area contributed by atoms with Gasteiger partial charge in [0.05, 0.1) is 16.7 Å². The van der Waals surface area contributed by atoms with Gasteiger partial charge in [0.2, 0.25) is 0 Å². The van der Waals surface area contributed by atoms with Crippen molar-refractivity contribution in [2.24, 2.45) is 0 Å². The molecule has 5 aromatic rings. The van der Waals surface area contributed by atoms with Crippen molar-refractivity contribution in [1.29, 1.82) is 0 Å². The zero-order valence-electron chi connectivity index (χ0n) is 17.1. The van der Waals surface area contributed by atoms with E-state index in [1.807, 2.05) is 83.4 Å². The molecule has 0 aliphatic rings. The van der Waals surface area contributed by atoms with Crippen molar-refractivity contribution in [3.8, 4) is 0 Å². The quantitative estimate of drug-likeness (QED) is 0.416. The number of hydrogen-bond donors (Lipinski definition) is 2. The fourth-order valence-electron chi connectivity index (χ4n) is 3.69. The summed E-state index contributed by atoms with van der Waals surface area (Å²) in [6.45, 7) is 0.444. The summed E-state index contributed by atoms with van der Waals surface area (Å²) >= 11 is 5.90. The van der Waals surface area contributed by atoms with Gasteiger partial charge < -0.3 is 11.1 Å². The number of para-hydroxylation sites is 2. The normalized spacial score (nSPS) is 11.2. The molecule has 0 unspecified atom stereocenters. The number of amides is 1. The van der Waals surface area contributed by atoms with Gasteiger partial charge in [-0.3, -0.25) is 9.20 Å². The first-order valence-corrected chi connectivity index (χ1v) is 10.6. The lowest BCUT2D eigenvalue weighted by Crippen LogP contribution is -2.22. The maximum Gasteiger partial charge on any atom is 0.251 e. The monoisotopic (exact) mass is 441 g/mol. The topological polar surface area (TPSA) is 85.3 Å². The summed E-state index contributed by atoms with van der Waals surface area (Å²) in [5.41, 5.74) is 12.2. The van der Waals surface area contributed by atoms with E-state index in [9.17, 15) is 4.79 Å². The average Bonchev–Trinajstić information content (AvgIpc) is 3.18. The number of benzene rings is 3. The van der Waals surface area contributed by atoms with Crippen LogP contribution < -0.4 is 11.1 Å². The van der Waals surface area contributed by atoms with Gasteiger partial charge in [0, 0.05) is 29.7 Å². The number of rotatable bonds is 5. The highest BCUT2D eigenvalue weighted by atomic mass is 35.5. The average molecular weight is 442 g/mol. The van der Waals surface area contributed by atoms with E-state index in [1.54, 1.807) is 0 Å². The molecule has 0 spiro atoms. The highest BCUT2D eigenvalue weighted by molar-refractivity contribution is 6.30. The molecule has 5 rings (SSSR count). The molecular formula is C25H20ClN5O. The molecule has 1 amide bonds. The summed E-state index contributed by atoms with van der Waals surface area (Å²) in [6, 6.07) is 22.8.